The number of aromatic nitrogens is 6. The smallest absolute Gasteiger partial charge is 0.257 e. The normalized spacial score (nSPS) is 19.1. The largest absolute Gasteiger partial charge is 0.496 e. The van der Waals surface area contributed by atoms with Crippen molar-refractivity contribution in [2.24, 2.45) is 0 Å². The van der Waals surface area contributed by atoms with Gasteiger partial charge in [0.15, 0.2) is 0 Å². The monoisotopic (exact) mass is 659 g/mol. The summed E-state index contributed by atoms with van der Waals surface area (Å²) >= 11 is 12.9. The van der Waals surface area contributed by atoms with Gasteiger partial charge in [0, 0.05) is 43.7 Å². The molecule has 238 valence electrons. The number of ether oxygens (including phenoxy) is 1. The maximum absolute atomic E-state index is 14.1. The predicted molar refractivity (Wildman–Crippen MR) is 179 cm³/mol. The van der Waals surface area contributed by atoms with Gasteiger partial charge in [0.1, 0.15) is 5.75 Å². The second-order valence-electron chi connectivity index (χ2n) is 12.0. The molecule has 2 aromatic heterocycles. The van der Waals surface area contributed by atoms with Crippen molar-refractivity contribution in [1.82, 2.24) is 40.4 Å². The summed E-state index contributed by atoms with van der Waals surface area (Å²) in [6.07, 6.45) is 2.72. The van der Waals surface area contributed by atoms with E-state index in [1.807, 2.05) is 41.3 Å². The number of benzene rings is 3. The number of para-hydroxylation sites is 2. The van der Waals surface area contributed by atoms with Crippen molar-refractivity contribution in [2.45, 2.75) is 24.7 Å². The van der Waals surface area contributed by atoms with Crippen LogP contribution in [0.5, 0.6) is 5.75 Å². The lowest BCUT2D eigenvalue weighted by atomic mass is 9.76. The lowest BCUT2D eigenvalue weighted by molar-refractivity contribution is 0.0777. The molecule has 4 heterocycles. The number of imidazole rings is 1. The number of H-pyrrole nitrogens is 2. The van der Waals surface area contributed by atoms with Crippen LogP contribution < -0.4 is 9.64 Å². The number of anilines is 1. The standard InChI is InChI=1S/C33H35Cl2N9O2/c1-46-29-10-7-22(30-38-40-41-39-30)19-24(29)31(45)44-16-12-33(21-44,23-8-9-25(34)26(35)20-23)11-15-42-13-4-14-43(18-17-42)32-36-27-5-2-3-6-28(27)37-32/h2-3,5-10,19-20H,4,11-18,21H2,1H3,(H,36,37)(H,38,39,40,41). The van der Waals surface area contributed by atoms with Gasteiger partial charge in [0.25, 0.3) is 5.91 Å². The molecule has 1 unspecified atom stereocenters. The quantitative estimate of drug-likeness (QED) is 0.226. The molecule has 0 aliphatic carbocycles. The zero-order chi connectivity index (χ0) is 31.7. The van der Waals surface area contributed by atoms with Crippen LogP contribution in [-0.2, 0) is 5.41 Å². The van der Waals surface area contributed by atoms with E-state index < -0.39 is 0 Å². The lowest BCUT2D eigenvalue weighted by Gasteiger charge is -2.33. The number of likely N-dealkylation sites (tertiary alicyclic amines) is 1. The number of carbonyl (C=O) groups excluding carboxylic acids is 1. The van der Waals surface area contributed by atoms with Gasteiger partial charge in [0.2, 0.25) is 11.8 Å². The fraction of sp³-hybridized carbons (Fsp3) is 0.364. The third-order valence-electron chi connectivity index (χ3n) is 9.38. The Morgan fingerprint density at radius 2 is 1.89 bits per heavy atom. The average molecular weight is 661 g/mol. The Balaban J connectivity index is 1.09. The first-order chi connectivity index (χ1) is 22.4. The second-order valence-corrected chi connectivity index (χ2v) is 12.9. The predicted octanol–water partition coefficient (Wildman–Crippen LogP) is 5.44. The Hall–Kier alpha value is -4.19. The number of tetrazole rings is 1. The van der Waals surface area contributed by atoms with Crippen LogP contribution in [0.3, 0.4) is 0 Å². The summed E-state index contributed by atoms with van der Waals surface area (Å²) in [6.45, 7) is 5.82. The van der Waals surface area contributed by atoms with Gasteiger partial charge in [-0.05, 0) is 85.6 Å². The number of hydrogen-bond acceptors (Lipinski definition) is 8. The molecular formula is C33H35Cl2N9O2. The minimum Gasteiger partial charge on any atom is -0.496 e. The molecule has 2 aliphatic rings. The number of carbonyl (C=O) groups is 1. The van der Waals surface area contributed by atoms with Crippen LogP contribution in [0.25, 0.3) is 22.4 Å². The van der Waals surface area contributed by atoms with E-state index in [4.69, 9.17) is 32.9 Å². The first-order valence-corrected chi connectivity index (χ1v) is 16.3. The molecule has 2 aliphatic heterocycles. The number of rotatable bonds is 8. The molecule has 5 aromatic rings. The van der Waals surface area contributed by atoms with E-state index in [0.717, 1.165) is 74.5 Å². The molecule has 0 radical (unpaired) electrons. The highest BCUT2D eigenvalue weighted by Crippen LogP contribution is 2.41. The zero-order valence-electron chi connectivity index (χ0n) is 25.5. The van der Waals surface area contributed by atoms with Crippen molar-refractivity contribution in [1.29, 1.82) is 0 Å². The van der Waals surface area contributed by atoms with Crippen molar-refractivity contribution in [3.63, 3.8) is 0 Å². The lowest BCUT2D eigenvalue weighted by Crippen LogP contribution is -2.39. The Morgan fingerprint density at radius 3 is 2.70 bits per heavy atom. The summed E-state index contributed by atoms with van der Waals surface area (Å²) in [4.78, 5) is 29.2. The SMILES string of the molecule is COc1ccc(-c2nn[nH]n2)cc1C(=O)N1CCC(CCN2CCCN(c3nc4ccccc4[nH]3)CC2)(c2ccc(Cl)c(Cl)c2)C1. The first kappa shape index (κ1) is 30.5. The second kappa shape index (κ2) is 12.9. The summed E-state index contributed by atoms with van der Waals surface area (Å²) in [5.41, 5.74) is 4.01. The molecule has 1 atom stereocenters. The number of amides is 1. The maximum atomic E-state index is 14.1. The van der Waals surface area contributed by atoms with Gasteiger partial charge in [-0.3, -0.25) is 4.79 Å². The van der Waals surface area contributed by atoms with E-state index in [0.29, 0.717) is 45.8 Å². The molecule has 3 aromatic carbocycles. The molecule has 2 fully saturated rings. The van der Waals surface area contributed by atoms with E-state index in [-0.39, 0.29) is 11.3 Å². The molecule has 0 saturated carbocycles. The Bertz CT molecular complexity index is 1810. The summed E-state index contributed by atoms with van der Waals surface area (Å²) in [5.74, 6) is 1.75. The molecule has 0 spiro atoms. The van der Waals surface area contributed by atoms with E-state index in [1.165, 1.54) is 0 Å². The summed E-state index contributed by atoms with van der Waals surface area (Å²) in [6, 6.07) is 19.4. The van der Waals surface area contributed by atoms with E-state index in [1.54, 1.807) is 19.2 Å². The molecule has 1 amide bonds. The fourth-order valence-corrected chi connectivity index (χ4v) is 7.09. The Labute approximate surface area is 276 Å². The number of nitrogens with one attached hydrogen (secondary N) is 2. The molecular weight excluding hydrogens is 625 g/mol. The molecule has 46 heavy (non-hydrogen) atoms. The number of aromatic amines is 2. The van der Waals surface area contributed by atoms with E-state index in [2.05, 4.69) is 47.5 Å². The van der Waals surface area contributed by atoms with Crippen molar-refractivity contribution in [3.8, 4) is 17.1 Å². The molecule has 2 saturated heterocycles. The van der Waals surface area contributed by atoms with Crippen LogP contribution in [-0.4, -0.2) is 99.2 Å². The third-order valence-corrected chi connectivity index (χ3v) is 10.1. The highest BCUT2D eigenvalue weighted by atomic mass is 35.5. The van der Waals surface area contributed by atoms with Crippen molar-refractivity contribution >= 4 is 46.1 Å². The molecule has 7 rings (SSSR count). The molecule has 2 N–H and O–H groups in total. The van der Waals surface area contributed by atoms with Crippen LogP contribution in [0.1, 0.15) is 35.2 Å². The zero-order valence-corrected chi connectivity index (χ0v) is 27.1. The first-order valence-electron chi connectivity index (χ1n) is 15.5. The number of hydrogen-bond donors (Lipinski definition) is 2. The van der Waals surface area contributed by atoms with Crippen LogP contribution in [0.2, 0.25) is 10.0 Å². The maximum Gasteiger partial charge on any atom is 0.257 e. The van der Waals surface area contributed by atoms with Gasteiger partial charge in [-0.1, -0.05) is 41.4 Å². The van der Waals surface area contributed by atoms with Crippen molar-refractivity contribution < 1.29 is 9.53 Å². The average Bonchev–Trinajstić information content (AvgIpc) is 3.83. The Kier molecular flexibility index (Phi) is 8.54. The third kappa shape index (κ3) is 6.02. The fourth-order valence-electron chi connectivity index (χ4n) is 6.79. The molecule has 13 heteroatoms. The van der Waals surface area contributed by atoms with Crippen LogP contribution >= 0.6 is 23.2 Å². The van der Waals surface area contributed by atoms with Crippen molar-refractivity contribution in [3.05, 3.63) is 81.8 Å². The number of methoxy groups -OCH3 is 1. The Morgan fingerprint density at radius 1 is 1.00 bits per heavy atom. The summed E-state index contributed by atoms with van der Waals surface area (Å²) < 4.78 is 5.60. The minimum atomic E-state index is -0.285. The number of halogens is 2. The van der Waals surface area contributed by atoms with Gasteiger partial charge in [0.05, 0.1) is 33.8 Å². The van der Waals surface area contributed by atoms with E-state index >= 15 is 0 Å². The molecule has 0 bridgehead atoms. The van der Waals surface area contributed by atoms with Gasteiger partial charge in [-0.15, -0.1) is 10.2 Å². The van der Waals surface area contributed by atoms with Crippen LogP contribution in [0.4, 0.5) is 5.95 Å². The topological polar surface area (TPSA) is 119 Å². The van der Waals surface area contributed by atoms with Crippen molar-refractivity contribution in [2.75, 3.05) is 57.8 Å². The minimum absolute atomic E-state index is 0.0969. The molecule has 11 nitrogen and oxygen atoms in total. The van der Waals surface area contributed by atoms with Gasteiger partial charge >= 0.3 is 0 Å². The number of nitrogens with zero attached hydrogens (tertiary/aromatic N) is 7. The van der Waals surface area contributed by atoms with E-state index in [9.17, 15) is 4.79 Å². The summed E-state index contributed by atoms with van der Waals surface area (Å²) in [7, 11) is 1.57. The van der Waals surface area contributed by atoms with Crippen LogP contribution in [0, 0.1) is 0 Å². The summed E-state index contributed by atoms with van der Waals surface area (Å²) in [5, 5.41) is 15.3. The highest BCUT2D eigenvalue weighted by molar-refractivity contribution is 6.42. The van der Waals surface area contributed by atoms with Gasteiger partial charge in [-0.2, -0.15) is 5.21 Å². The number of fused-ring (bicyclic) bond motifs is 1. The van der Waals surface area contributed by atoms with Gasteiger partial charge < -0.3 is 24.4 Å². The van der Waals surface area contributed by atoms with Gasteiger partial charge in [-0.25, -0.2) is 4.98 Å². The van der Waals surface area contributed by atoms with Crippen LogP contribution in [0.15, 0.2) is 60.7 Å². The highest BCUT2D eigenvalue weighted by Gasteiger charge is 2.42.